The second-order valence-corrected chi connectivity index (χ2v) is 3.66. The van der Waals surface area contributed by atoms with Crippen LogP contribution in [-0.2, 0) is 6.54 Å². The summed E-state index contributed by atoms with van der Waals surface area (Å²) in [5.74, 6) is 0.553. The molecular formula is C8H9N5OS. The summed E-state index contributed by atoms with van der Waals surface area (Å²) in [5.41, 5.74) is 0.650. The fourth-order valence-corrected chi connectivity index (χ4v) is 1.65. The molecule has 0 saturated carbocycles. The highest BCUT2D eigenvalue weighted by Gasteiger charge is 2.12. The molecule has 6 nitrogen and oxygen atoms in total. The van der Waals surface area contributed by atoms with Gasteiger partial charge in [0.2, 0.25) is 0 Å². The van der Waals surface area contributed by atoms with E-state index in [1.54, 1.807) is 19.3 Å². The number of aromatic nitrogens is 4. The van der Waals surface area contributed by atoms with Gasteiger partial charge in [0.1, 0.15) is 10.7 Å². The largest absolute Gasteiger partial charge is 0.347 e. The summed E-state index contributed by atoms with van der Waals surface area (Å²) >= 11 is 1.09. The lowest BCUT2D eigenvalue weighted by Gasteiger charge is -2.00. The Bertz CT molecular complexity index is 449. The smallest absolute Gasteiger partial charge is 0.265 e. The highest BCUT2D eigenvalue weighted by molar-refractivity contribution is 7.07. The van der Waals surface area contributed by atoms with Crippen LogP contribution in [0.25, 0.3) is 0 Å². The summed E-state index contributed by atoms with van der Waals surface area (Å²) in [6, 6.07) is 0. The Morgan fingerprint density at radius 2 is 2.53 bits per heavy atom. The van der Waals surface area contributed by atoms with E-state index in [0.29, 0.717) is 17.1 Å². The van der Waals surface area contributed by atoms with Gasteiger partial charge in [-0.3, -0.25) is 4.79 Å². The predicted octanol–water partition coefficient (Wildman–Crippen LogP) is 0.500. The average Bonchev–Trinajstić information content (AvgIpc) is 2.84. The van der Waals surface area contributed by atoms with Gasteiger partial charge in [0.25, 0.3) is 5.91 Å². The molecule has 0 aliphatic rings. The van der Waals surface area contributed by atoms with Gasteiger partial charge in [0.05, 0.1) is 12.2 Å². The van der Waals surface area contributed by atoms with Crippen molar-refractivity contribution in [1.82, 2.24) is 24.9 Å². The first kappa shape index (κ1) is 9.78. The van der Waals surface area contributed by atoms with E-state index in [9.17, 15) is 4.79 Å². The summed E-state index contributed by atoms with van der Waals surface area (Å²) in [4.78, 5) is 19.0. The van der Waals surface area contributed by atoms with Crippen molar-refractivity contribution < 1.29 is 4.79 Å². The van der Waals surface area contributed by atoms with E-state index in [1.807, 2.05) is 0 Å². The molecule has 2 N–H and O–H groups in total. The van der Waals surface area contributed by atoms with Gasteiger partial charge in [-0.05, 0) is 18.5 Å². The minimum Gasteiger partial charge on any atom is -0.347 e. The number of H-pyrrole nitrogens is 1. The molecule has 78 valence electrons. The van der Waals surface area contributed by atoms with Gasteiger partial charge < -0.3 is 10.3 Å². The molecular weight excluding hydrogens is 214 g/mol. The number of aryl methyl sites for hydroxylation is 1. The molecule has 0 aromatic carbocycles. The van der Waals surface area contributed by atoms with E-state index in [4.69, 9.17) is 0 Å². The number of rotatable bonds is 3. The number of carbonyl (C=O) groups is 1. The highest BCUT2D eigenvalue weighted by atomic mass is 32.1. The first-order valence-electron chi connectivity index (χ1n) is 4.33. The lowest BCUT2D eigenvalue weighted by atomic mass is 10.4. The summed E-state index contributed by atoms with van der Waals surface area (Å²) in [7, 11) is 0. The molecule has 0 atom stereocenters. The number of carbonyl (C=O) groups excluding carboxylic acids is 1. The molecule has 2 heterocycles. The molecule has 2 rings (SSSR count). The Balaban J connectivity index is 1.96. The third-order valence-corrected chi connectivity index (χ3v) is 2.66. The number of imidazole rings is 1. The van der Waals surface area contributed by atoms with Crippen molar-refractivity contribution in [2.75, 3.05) is 0 Å². The van der Waals surface area contributed by atoms with Gasteiger partial charge in [-0.1, -0.05) is 4.49 Å². The molecule has 0 saturated heterocycles. The van der Waals surface area contributed by atoms with Crippen LogP contribution < -0.4 is 5.32 Å². The lowest BCUT2D eigenvalue weighted by molar-refractivity contribution is 0.0953. The van der Waals surface area contributed by atoms with Crippen LogP contribution >= 0.6 is 11.5 Å². The predicted molar refractivity (Wildman–Crippen MR) is 54.4 cm³/mol. The Kier molecular flexibility index (Phi) is 2.72. The first-order chi connectivity index (χ1) is 7.27. The minimum absolute atomic E-state index is 0.168. The van der Waals surface area contributed by atoms with Crippen LogP contribution in [-0.4, -0.2) is 25.5 Å². The molecule has 2 aromatic rings. The number of hydrogen-bond acceptors (Lipinski definition) is 5. The molecule has 1 amide bonds. The van der Waals surface area contributed by atoms with Crippen LogP contribution in [0, 0.1) is 6.92 Å². The van der Waals surface area contributed by atoms with Crippen LogP contribution in [0.15, 0.2) is 12.4 Å². The number of amides is 1. The quantitative estimate of drug-likeness (QED) is 0.793. The normalized spacial score (nSPS) is 10.2. The van der Waals surface area contributed by atoms with Crippen LogP contribution in [0.3, 0.4) is 0 Å². The zero-order valence-electron chi connectivity index (χ0n) is 8.02. The van der Waals surface area contributed by atoms with Gasteiger partial charge in [0, 0.05) is 12.4 Å². The van der Waals surface area contributed by atoms with Crippen molar-refractivity contribution in [3.63, 3.8) is 0 Å². The first-order valence-corrected chi connectivity index (χ1v) is 5.10. The van der Waals surface area contributed by atoms with Crippen LogP contribution in [0.5, 0.6) is 0 Å². The fourth-order valence-electron chi connectivity index (χ4n) is 1.08. The molecule has 2 aromatic heterocycles. The monoisotopic (exact) mass is 223 g/mol. The number of nitrogens with zero attached hydrogens (tertiary/aromatic N) is 3. The van der Waals surface area contributed by atoms with Crippen molar-refractivity contribution in [1.29, 1.82) is 0 Å². The van der Waals surface area contributed by atoms with Gasteiger partial charge in [0.15, 0.2) is 0 Å². The van der Waals surface area contributed by atoms with Gasteiger partial charge in [-0.15, -0.1) is 5.10 Å². The number of aromatic amines is 1. The standard InChI is InChI=1S/C8H9N5OS/c1-5-7(15-13-12-5)8(14)11-4-6-9-2-3-10-6/h2-3H,4H2,1H3,(H,9,10)(H,11,14). The second kappa shape index (κ2) is 4.18. The van der Waals surface area contributed by atoms with Crippen LogP contribution in [0.4, 0.5) is 0 Å². The summed E-state index contributed by atoms with van der Waals surface area (Å²) in [6.45, 7) is 2.13. The maximum Gasteiger partial charge on any atom is 0.265 e. The molecule has 0 fully saturated rings. The average molecular weight is 223 g/mol. The van der Waals surface area contributed by atoms with Crippen molar-refractivity contribution in [2.24, 2.45) is 0 Å². The molecule has 0 unspecified atom stereocenters. The van der Waals surface area contributed by atoms with Crippen molar-refractivity contribution >= 4 is 17.4 Å². The van der Waals surface area contributed by atoms with Crippen LogP contribution in [0.1, 0.15) is 21.2 Å². The molecule has 0 aliphatic carbocycles. The Labute approximate surface area is 89.9 Å². The highest BCUT2D eigenvalue weighted by Crippen LogP contribution is 2.08. The summed E-state index contributed by atoms with van der Waals surface area (Å²) < 4.78 is 3.70. The molecule has 0 spiro atoms. The Hall–Kier alpha value is -1.76. The van der Waals surface area contributed by atoms with E-state index >= 15 is 0 Å². The van der Waals surface area contributed by atoms with E-state index in [0.717, 1.165) is 17.4 Å². The molecule has 15 heavy (non-hydrogen) atoms. The van der Waals surface area contributed by atoms with Crippen molar-refractivity contribution in [2.45, 2.75) is 13.5 Å². The van der Waals surface area contributed by atoms with Gasteiger partial charge in [-0.25, -0.2) is 4.98 Å². The van der Waals surface area contributed by atoms with Crippen molar-refractivity contribution in [3.8, 4) is 0 Å². The van der Waals surface area contributed by atoms with E-state index < -0.39 is 0 Å². The number of hydrogen-bond donors (Lipinski definition) is 2. The minimum atomic E-state index is -0.168. The topological polar surface area (TPSA) is 83.6 Å². The molecule has 0 bridgehead atoms. The summed E-state index contributed by atoms with van der Waals surface area (Å²) in [5, 5.41) is 6.49. The Morgan fingerprint density at radius 1 is 1.67 bits per heavy atom. The van der Waals surface area contributed by atoms with Gasteiger partial charge >= 0.3 is 0 Å². The fraction of sp³-hybridized carbons (Fsp3) is 0.250. The lowest BCUT2D eigenvalue weighted by Crippen LogP contribution is -2.23. The maximum atomic E-state index is 11.6. The second-order valence-electron chi connectivity index (χ2n) is 2.91. The summed E-state index contributed by atoms with van der Waals surface area (Å²) in [6.07, 6.45) is 3.35. The van der Waals surface area contributed by atoms with Crippen LogP contribution in [0.2, 0.25) is 0 Å². The van der Waals surface area contributed by atoms with E-state index in [-0.39, 0.29) is 5.91 Å². The molecule has 0 aliphatic heterocycles. The molecule has 7 heteroatoms. The SMILES string of the molecule is Cc1nnsc1C(=O)NCc1ncc[nH]1. The van der Waals surface area contributed by atoms with E-state index in [2.05, 4.69) is 24.9 Å². The zero-order valence-corrected chi connectivity index (χ0v) is 8.84. The van der Waals surface area contributed by atoms with E-state index in [1.165, 1.54) is 0 Å². The zero-order chi connectivity index (χ0) is 10.7. The maximum absolute atomic E-state index is 11.6. The van der Waals surface area contributed by atoms with Crippen molar-refractivity contribution in [3.05, 3.63) is 28.8 Å². The molecule has 0 radical (unpaired) electrons. The van der Waals surface area contributed by atoms with Gasteiger partial charge in [-0.2, -0.15) is 0 Å². The third-order valence-electron chi connectivity index (χ3n) is 1.83. The third kappa shape index (κ3) is 2.18. The number of nitrogens with one attached hydrogen (secondary N) is 2. The Morgan fingerprint density at radius 3 is 3.13 bits per heavy atom.